The van der Waals surface area contributed by atoms with E-state index in [-0.39, 0.29) is 27.5 Å². The molecule has 0 atom stereocenters. The van der Waals surface area contributed by atoms with Gasteiger partial charge in [0.25, 0.3) is 0 Å². The Kier molecular flexibility index (Phi) is 6.28. The van der Waals surface area contributed by atoms with Crippen molar-refractivity contribution in [2.45, 2.75) is 29.9 Å². The summed E-state index contributed by atoms with van der Waals surface area (Å²) in [7, 11) is -5.36. The first-order valence-electron chi connectivity index (χ1n) is 11.7. The second kappa shape index (κ2) is 9.31. The number of nitrogens with two attached hydrogens (primary N) is 1. The van der Waals surface area contributed by atoms with Crippen LogP contribution in [-0.4, -0.2) is 44.9 Å². The number of nitrogen functional groups attached to an aromatic ring is 1. The maximum Gasteiger partial charge on any atom is 0.238 e. The lowest BCUT2D eigenvalue weighted by atomic mass is 10.0. The summed E-state index contributed by atoms with van der Waals surface area (Å²) in [5.41, 5.74) is 10.1. The van der Waals surface area contributed by atoms with Crippen molar-refractivity contribution < 1.29 is 21.6 Å². The van der Waals surface area contributed by atoms with Gasteiger partial charge in [-0.2, -0.15) is 0 Å². The molecule has 5 rings (SSSR count). The molecule has 4 aromatic rings. The fraction of sp³-hybridized carbons (Fsp3) is 0.231. The van der Waals surface area contributed by atoms with Crippen LogP contribution in [0.1, 0.15) is 19.8 Å². The van der Waals surface area contributed by atoms with Gasteiger partial charge in [0.1, 0.15) is 11.5 Å². The topological polar surface area (TPSA) is 141 Å². The van der Waals surface area contributed by atoms with E-state index in [0.29, 0.717) is 35.3 Å². The summed E-state index contributed by atoms with van der Waals surface area (Å²) in [4.78, 5) is 9.08. The molecule has 9 nitrogen and oxygen atoms in total. The van der Waals surface area contributed by atoms with Crippen LogP contribution in [0.4, 0.5) is 11.5 Å². The molecule has 192 valence electrons. The van der Waals surface area contributed by atoms with Crippen molar-refractivity contribution in [3.63, 3.8) is 0 Å². The van der Waals surface area contributed by atoms with Crippen LogP contribution in [0.15, 0.2) is 65.7 Å². The molecule has 1 saturated carbocycles. The number of sulfone groups is 1. The minimum Gasteiger partial charge on any atom is -0.480 e. The number of pyridine rings is 2. The molecule has 2 aromatic carbocycles. The van der Waals surface area contributed by atoms with Crippen LogP contribution in [0.2, 0.25) is 0 Å². The molecule has 0 bridgehead atoms. The molecule has 11 heteroatoms. The molecule has 0 saturated heterocycles. The van der Waals surface area contributed by atoms with Crippen molar-refractivity contribution in [2.75, 3.05) is 23.3 Å². The molecule has 1 aliphatic carbocycles. The highest BCUT2D eigenvalue weighted by Crippen LogP contribution is 2.35. The Bertz CT molecular complexity index is 1720. The Hall–Kier alpha value is -3.70. The van der Waals surface area contributed by atoms with Gasteiger partial charge < -0.3 is 10.5 Å². The predicted octanol–water partition coefficient (Wildman–Crippen LogP) is 4.25. The molecule has 0 amide bonds. The maximum atomic E-state index is 12.5. The Labute approximate surface area is 215 Å². The third kappa shape index (κ3) is 4.96. The number of ether oxygens (including phenoxy) is 1. The van der Waals surface area contributed by atoms with Gasteiger partial charge in [0.2, 0.25) is 15.9 Å². The van der Waals surface area contributed by atoms with Gasteiger partial charge in [-0.1, -0.05) is 25.1 Å². The monoisotopic (exact) mass is 538 g/mol. The zero-order chi connectivity index (χ0) is 26.4. The molecular weight excluding hydrogens is 512 g/mol. The maximum absolute atomic E-state index is 12.5. The number of rotatable bonds is 8. The van der Waals surface area contributed by atoms with Gasteiger partial charge in [0.15, 0.2) is 9.84 Å². The average Bonchev–Trinajstić information content (AvgIpc) is 3.74. The lowest BCUT2D eigenvalue weighted by Crippen LogP contribution is -2.18. The molecule has 0 unspecified atom stereocenters. The van der Waals surface area contributed by atoms with Crippen LogP contribution in [-0.2, 0) is 19.9 Å². The Morgan fingerprint density at radius 2 is 1.68 bits per heavy atom. The van der Waals surface area contributed by atoms with Gasteiger partial charge in [-0.05, 0) is 60.4 Å². The summed E-state index contributed by atoms with van der Waals surface area (Å²) in [6, 6.07) is 15.8. The van der Waals surface area contributed by atoms with Gasteiger partial charge in [0, 0.05) is 22.7 Å². The van der Waals surface area contributed by atoms with Crippen molar-refractivity contribution in [3.8, 4) is 28.1 Å². The van der Waals surface area contributed by atoms with Crippen LogP contribution in [0, 0.1) is 0 Å². The number of aromatic nitrogens is 2. The highest BCUT2D eigenvalue weighted by molar-refractivity contribution is 7.93. The molecule has 37 heavy (non-hydrogen) atoms. The largest absolute Gasteiger partial charge is 0.480 e. The number of nitrogens with zero attached hydrogens (tertiary/aromatic N) is 2. The molecule has 2 aromatic heterocycles. The minimum absolute atomic E-state index is 0.0265. The van der Waals surface area contributed by atoms with E-state index in [0.717, 1.165) is 16.5 Å². The third-order valence-electron chi connectivity index (χ3n) is 6.34. The van der Waals surface area contributed by atoms with Crippen LogP contribution in [0.3, 0.4) is 0 Å². The Balaban J connectivity index is 1.53. The number of methoxy groups -OCH3 is 1. The van der Waals surface area contributed by atoms with Crippen molar-refractivity contribution in [2.24, 2.45) is 0 Å². The Morgan fingerprint density at radius 1 is 0.973 bits per heavy atom. The quantitative estimate of drug-likeness (QED) is 0.339. The van der Waals surface area contributed by atoms with Gasteiger partial charge in [-0.15, -0.1) is 0 Å². The number of nitrogens with one attached hydrogen (secondary N) is 1. The zero-order valence-electron chi connectivity index (χ0n) is 20.3. The van der Waals surface area contributed by atoms with E-state index in [1.807, 2.05) is 24.3 Å². The molecule has 0 aliphatic heterocycles. The van der Waals surface area contributed by atoms with E-state index >= 15 is 0 Å². The zero-order valence-corrected chi connectivity index (χ0v) is 21.9. The summed E-state index contributed by atoms with van der Waals surface area (Å²) in [6.45, 7) is 1.61. The number of benzene rings is 2. The first-order chi connectivity index (χ1) is 17.6. The minimum atomic E-state index is -3.49. The fourth-order valence-electron chi connectivity index (χ4n) is 4.07. The summed E-state index contributed by atoms with van der Waals surface area (Å²) < 4.78 is 57.2. The lowest BCUT2D eigenvalue weighted by molar-refractivity contribution is 0.400. The Morgan fingerprint density at radius 3 is 2.32 bits per heavy atom. The predicted molar refractivity (Wildman–Crippen MR) is 145 cm³/mol. The molecular formula is C26H26N4O5S2. The number of hydrogen-bond donors (Lipinski definition) is 2. The highest BCUT2D eigenvalue weighted by atomic mass is 32.2. The van der Waals surface area contributed by atoms with Gasteiger partial charge in [-0.25, -0.2) is 26.8 Å². The highest BCUT2D eigenvalue weighted by Gasteiger charge is 2.36. The summed E-state index contributed by atoms with van der Waals surface area (Å²) in [6.07, 6.45) is 2.91. The smallest absolute Gasteiger partial charge is 0.238 e. The standard InChI is InChI=1S/C26H26N4O5S2/c1-3-36(31,32)20-7-4-16(5-8-20)22-13-18-12-17(6-11-23(18)29-25(22)27)19-14-24(26(35-2)28-15-19)30-37(33,34)21-9-10-21/h4-8,11-15,21,30H,3,9-10H2,1-2H3,(H2,27,29). The number of hydrogen-bond acceptors (Lipinski definition) is 8. The van der Waals surface area contributed by atoms with Crippen LogP contribution < -0.4 is 15.2 Å². The molecule has 0 spiro atoms. The fourth-order valence-corrected chi connectivity index (χ4v) is 6.33. The lowest BCUT2D eigenvalue weighted by Gasteiger charge is -2.13. The van der Waals surface area contributed by atoms with E-state index in [1.54, 1.807) is 43.5 Å². The van der Waals surface area contributed by atoms with E-state index in [2.05, 4.69) is 14.7 Å². The summed E-state index contributed by atoms with van der Waals surface area (Å²) in [5, 5.41) is 0.426. The van der Waals surface area contributed by atoms with E-state index in [1.165, 1.54) is 7.11 Å². The van der Waals surface area contributed by atoms with Gasteiger partial charge >= 0.3 is 0 Å². The third-order valence-corrected chi connectivity index (χ3v) is 9.95. The molecule has 0 radical (unpaired) electrons. The van der Waals surface area contributed by atoms with E-state index in [9.17, 15) is 16.8 Å². The molecule has 3 N–H and O–H groups in total. The number of sulfonamides is 1. The van der Waals surface area contributed by atoms with Gasteiger partial charge in [0.05, 0.1) is 28.5 Å². The van der Waals surface area contributed by atoms with Crippen molar-refractivity contribution >= 4 is 42.3 Å². The first kappa shape index (κ1) is 25.0. The second-order valence-electron chi connectivity index (χ2n) is 8.88. The average molecular weight is 539 g/mol. The first-order valence-corrected chi connectivity index (χ1v) is 14.9. The van der Waals surface area contributed by atoms with Crippen LogP contribution in [0.25, 0.3) is 33.2 Å². The van der Waals surface area contributed by atoms with Gasteiger partial charge in [-0.3, -0.25) is 4.72 Å². The van der Waals surface area contributed by atoms with Crippen molar-refractivity contribution in [3.05, 3.63) is 60.8 Å². The summed E-state index contributed by atoms with van der Waals surface area (Å²) >= 11 is 0. The van der Waals surface area contributed by atoms with Crippen LogP contribution in [0.5, 0.6) is 5.88 Å². The van der Waals surface area contributed by atoms with Crippen molar-refractivity contribution in [1.82, 2.24) is 9.97 Å². The molecule has 1 fully saturated rings. The molecule has 1 aliphatic rings. The molecule has 2 heterocycles. The van der Waals surface area contributed by atoms with E-state index < -0.39 is 19.9 Å². The van der Waals surface area contributed by atoms with Crippen molar-refractivity contribution in [1.29, 1.82) is 0 Å². The summed E-state index contributed by atoms with van der Waals surface area (Å²) in [5.74, 6) is 0.548. The second-order valence-corrected chi connectivity index (χ2v) is 13.1. The van der Waals surface area contributed by atoms with Crippen LogP contribution >= 0.6 is 0 Å². The SMILES string of the molecule is CCS(=O)(=O)c1ccc(-c2cc3cc(-c4cnc(OC)c(NS(=O)(=O)C5CC5)c4)ccc3nc2N)cc1. The normalized spacial score (nSPS) is 14.0. The van der Waals surface area contributed by atoms with E-state index in [4.69, 9.17) is 10.5 Å². The number of fused-ring (bicyclic) bond motifs is 1. The number of anilines is 2.